The summed E-state index contributed by atoms with van der Waals surface area (Å²) >= 11 is 0. The second kappa shape index (κ2) is 2.21. The number of hydrazone groups is 1. The van der Waals surface area contributed by atoms with Gasteiger partial charge in [-0.15, -0.1) is 0 Å². The Hall–Kier alpha value is -1.06. The maximum Gasteiger partial charge on any atom is 0.315 e. The average molecular weight is 168 g/mol. The van der Waals surface area contributed by atoms with Gasteiger partial charge in [-0.1, -0.05) is 0 Å². The van der Waals surface area contributed by atoms with Gasteiger partial charge in [0.25, 0.3) is 0 Å². The summed E-state index contributed by atoms with van der Waals surface area (Å²) in [4.78, 5) is 11.0. The standard InChI is InChI=1S/C8H12N2O2/c9-10-6-3-5-1-2-8(6,4-5)7(11)12/h5H,1-4,9H2,(H,11,12)/b10-6-/t5-,8+/m1/s1. The molecule has 66 valence electrons. The van der Waals surface area contributed by atoms with E-state index < -0.39 is 11.4 Å². The molecular weight excluding hydrogens is 156 g/mol. The number of hydrogen-bond donors (Lipinski definition) is 2. The highest BCUT2D eigenvalue weighted by molar-refractivity contribution is 6.08. The maximum absolute atomic E-state index is 11.0. The van der Waals surface area contributed by atoms with Crippen LogP contribution in [0.3, 0.4) is 0 Å². The van der Waals surface area contributed by atoms with Crippen LogP contribution in [0.5, 0.6) is 0 Å². The molecule has 2 atom stereocenters. The van der Waals surface area contributed by atoms with E-state index in [9.17, 15) is 4.79 Å². The van der Waals surface area contributed by atoms with Crippen LogP contribution >= 0.6 is 0 Å². The van der Waals surface area contributed by atoms with Crippen LogP contribution in [0.25, 0.3) is 0 Å². The zero-order valence-electron chi connectivity index (χ0n) is 6.79. The summed E-state index contributed by atoms with van der Waals surface area (Å²) in [5.74, 6) is 4.94. The van der Waals surface area contributed by atoms with Crippen LogP contribution in [0.15, 0.2) is 5.10 Å². The Morgan fingerprint density at radius 3 is 2.92 bits per heavy atom. The topological polar surface area (TPSA) is 75.7 Å². The van der Waals surface area contributed by atoms with E-state index in [0.717, 1.165) is 25.7 Å². The summed E-state index contributed by atoms with van der Waals surface area (Å²) in [6.07, 6.45) is 3.29. The van der Waals surface area contributed by atoms with Gasteiger partial charge in [-0.25, -0.2) is 0 Å². The lowest BCUT2D eigenvalue weighted by atomic mass is 9.82. The number of rotatable bonds is 1. The van der Waals surface area contributed by atoms with Gasteiger partial charge in [0.05, 0.1) is 5.71 Å². The summed E-state index contributed by atoms with van der Waals surface area (Å²) in [6.45, 7) is 0. The molecule has 3 N–H and O–H groups in total. The number of aliphatic carboxylic acids is 1. The summed E-state index contributed by atoms with van der Waals surface area (Å²) in [6, 6.07) is 0. The van der Waals surface area contributed by atoms with Crippen molar-refractivity contribution in [2.24, 2.45) is 22.3 Å². The van der Waals surface area contributed by atoms with E-state index in [2.05, 4.69) is 5.10 Å². The van der Waals surface area contributed by atoms with Crippen molar-refractivity contribution in [1.29, 1.82) is 0 Å². The molecule has 2 aliphatic rings. The summed E-state index contributed by atoms with van der Waals surface area (Å²) in [5.41, 5.74) is 0.0191. The Bertz CT molecular complexity index is 262. The first-order valence-corrected chi connectivity index (χ1v) is 4.19. The van der Waals surface area contributed by atoms with Crippen LogP contribution < -0.4 is 5.84 Å². The predicted molar refractivity (Wildman–Crippen MR) is 43.6 cm³/mol. The molecule has 0 aromatic rings. The lowest BCUT2D eigenvalue weighted by Gasteiger charge is -2.21. The first kappa shape index (κ1) is 7.58. The molecule has 12 heavy (non-hydrogen) atoms. The third-order valence-electron chi connectivity index (χ3n) is 3.22. The minimum Gasteiger partial charge on any atom is -0.481 e. The fourth-order valence-corrected chi connectivity index (χ4v) is 2.55. The number of nitrogens with zero attached hydrogens (tertiary/aromatic N) is 1. The SMILES string of the molecule is N/N=C1/C[C@H]2CC[C@]1(C(=O)O)C2. The lowest BCUT2D eigenvalue weighted by molar-refractivity contribution is -0.144. The van der Waals surface area contributed by atoms with Crippen molar-refractivity contribution in [3.8, 4) is 0 Å². The highest BCUT2D eigenvalue weighted by atomic mass is 16.4. The van der Waals surface area contributed by atoms with Crippen molar-refractivity contribution in [2.45, 2.75) is 25.7 Å². The Labute approximate surface area is 70.4 Å². The van der Waals surface area contributed by atoms with Gasteiger partial charge in [0.1, 0.15) is 5.41 Å². The normalized spacial score (nSPS) is 42.3. The number of carboxylic acid groups (broad SMARTS) is 1. The Kier molecular flexibility index (Phi) is 1.40. The molecule has 2 fully saturated rings. The lowest BCUT2D eigenvalue weighted by Crippen LogP contribution is -2.35. The van der Waals surface area contributed by atoms with E-state index in [1.165, 1.54) is 0 Å². The fraction of sp³-hybridized carbons (Fsp3) is 0.750. The summed E-state index contributed by atoms with van der Waals surface area (Å²) < 4.78 is 0. The monoisotopic (exact) mass is 168 g/mol. The number of fused-ring (bicyclic) bond motifs is 2. The van der Waals surface area contributed by atoms with E-state index in [1.54, 1.807) is 0 Å². The van der Waals surface area contributed by atoms with Crippen LogP contribution in [0.4, 0.5) is 0 Å². The van der Waals surface area contributed by atoms with E-state index in [1.807, 2.05) is 0 Å². The van der Waals surface area contributed by atoms with Crippen molar-refractivity contribution in [3.05, 3.63) is 0 Å². The van der Waals surface area contributed by atoms with Crippen LogP contribution in [0, 0.1) is 11.3 Å². The van der Waals surface area contributed by atoms with Gasteiger partial charge in [-0.05, 0) is 31.6 Å². The quantitative estimate of drug-likeness (QED) is 0.444. The van der Waals surface area contributed by atoms with Crippen molar-refractivity contribution in [1.82, 2.24) is 0 Å². The van der Waals surface area contributed by atoms with Gasteiger partial charge in [-0.2, -0.15) is 5.10 Å². The van der Waals surface area contributed by atoms with Crippen LogP contribution in [0.1, 0.15) is 25.7 Å². The molecule has 4 heteroatoms. The minimum atomic E-state index is -0.744. The molecule has 0 aromatic heterocycles. The molecule has 0 spiro atoms. The fourth-order valence-electron chi connectivity index (χ4n) is 2.55. The Morgan fingerprint density at radius 2 is 2.50 bits per heavy atom. The summed E-state index contributed by atoms with van der Waals surface area (Å²) in [7, 11) is 0. The van der Waals surface area contributed by atoms with Crippen LogP contribution in [-0.4, -0.2) is 16.8 Å². The van der Waals surface area contributed by atoms with Crippen LogP contribution in [0.2, 0.25) is 0 Å². The molecule has 2 aliphatic carbocycles. The number of carboxylic acids is 1. The van der Waals surface area contributed by atoms with Crippen molar-refractivity contribution in [3.63, 3.8) is 0 Å². The summed E-state index contributed by atoms with van der Waals surface area (Å²) in [5, 5.41) is 12.7. The molecule has 0 aromatic carbocycles. The second-order valence-electron chi connectivity index (χ2n) is 3.78. The molecular formula is C8H12N2O2. The van der Waals surface area contributed by atoms with E-state index >= 15 is 0 Å². The first-order valence-electron chi connectivity index (χ1n) is 4.19. The minimum absolute atomic E-state index is 0.517. The zero-order valence-corrected chi connectivity index (χ0v) is 6.79. The third kappa shape index (κ3) is 0.722. The average Bonchev–Trinajstić information content (AvgIpc) is 2.60. The Balaban J connectivity index is 2.39. The second-order valence-corrected chi connectivity index (χ2v) is 3.78. The number of hydrogen-bond acceptors (Lipinski definition) is 3. The van der Waals surface area contributed by atoms with Gasteiger partial charge in [0, 0.05) is 0 Å². The molecule has 0 radical (unpaired) electrons. The molecule has 2 rings (SSSR count). The first-order chi connectivity index (χ1) is 5.69. The largest absolute Gasteiger partial charge is 0.481 e. The molecule has 0 amide bonds. The molecule has 0 aliphatic heterocycles. The van der Waals surface area contributed by atoms with Gasteiger partial charge in [0.2, 0.25) is 0 Å². The molecule has 4 nitrogen and oxygen atoms in total. The van der Waals surface area contributed by atoms with Crippen LogP contribution in [-0.2, 0) is 4.79 Å². The van der Waals surface area contributed by atoms with Crippen molar-refractivity contribution < 1.29 is 9.90 Å². The number of nitrogens with two attached hydrogens (primary N) is 1. The molecule has 0 heterocycles. The Morgan fingerprint density at radius 1 is 1.75 bits per heavy atom. The number of carbonyl (C=O) groups is 1. The van der Waals surface area contributed by atoms with Crippen molar-refractivity contribution >= 4 is 11.7 Å². The predicted octanol–water partition coefficient (Wildman–Crippen LogP) is 0.576. The highest BCUT2D eigenvalue weighted by Gasteiger charge is 2.55. The molecule has 2 bridgehead atoms. The van der Waals surface area contributed by atoms with Crippen molar-refractivity contribution in [2.75, 3.05) is 0 Å². The molecule has 0 unspecified atom stereocenters. The van der Waals surface area contributed by atoms with E-state index in [-0.39, 0.29) is 0 Å². The van der Waals surface area contributed by atoms with E-state index in [4.69, 9.17) is 10.9 Å². The highest BCUT2D eigenvalue weighted by Crippen LogP contribution is 2.52. The van der Waals surface area contributed by atoms with Gasteiger partial charge >= 0.3 is 5.97 Å². The van der Waals surface area contributed by atoms with E-state index in [0.29, 0.717) is 11.6 Å². The molecule has 0 saturated heterocycles. The maximum atomic E-state index is 11.0. The smallest absolute Gasteiger partial charge is 0.315 e. The third-order valence-corrected chi connectivity index (χ3v) is 3.22. The van der Waals surface area contributed by atoms with Gasteiger partial charge in [0.15, 0.2) is 0 Å². The van der Waals surface area contributed by atoms with Gasteiger partial charge in [-0.3, -0.25) is 4.79 Å². The molecule has 2 saturated carbocycles. The zero-order chi connectivity index (χ0) is 8.77. The van der Waals surface area contributed by atoms with Gasteiger partial charge < -0.3 is 10.9 Å².